The lowest BCUT2D eigenvalue weighted by atomic mass is 9.68. The summed E-state index contributed by atoms with van der Waals surface area (Å²) in [6, 6.07) is 10.3. The molecule has 1 aromatic carbocycles. The maximum atomic E-state index is 10.8. The first-order chi connectivity index (χ1) is 6.79. The number of aldehydes is 1. The quantitative estimate of drug-likeness (QED) is 0.683. The first-order valence-electron chi connectivity index (χ1n) is 4.86. The third-order valence-electron chi connectivity index (χ3n) is 3.08. The zero-order chi connectivity index (χ0) is 10.0. The molecule has 0 aliphatic heterocycles. The molecule has 2 rings (SSSR count). The van der Waals surface area contributed by atoms with Crippen molar-refractivity contribution in [2.45, 2.75) is 24.4 Å². The second-order valence-corrected chi connectivity index (χ2v) is 3.90. The number of ether oxygens (including phenoxy) is 1. The molecule has 0 bridgehead atoms. The largest absolute Gasteiger partial charge is 0.371 e. The Morgan fingerprint density at radius 3 is 2.50 bits per heavy atom. The molecule has 0 spiro atoms. The summed E-state index contributed by atoms with van der Waals surface area (Å²) in [5, 5.41) is 0. The molecule has 2 nitrogen and oxygen atoms in total. The molecule has 0 atom stereocenters. The Hall–Kier alpha value is -1.15. The van der Waals surface area contributed by atoms with Gasteiger partial charge in [0.05, 0.1) is 0 Å². The van der Waals surface area contributed by atoms with Gasteiger partial charge in [0.25, 0.3) is 0 Å². The molecule has 0 radical (unpaired) electrons. The van der Waals surface area contributed by atoms with Crippen LogP contribution in [-0.2, 0) is 9.53 Å². The number of benzene rings is 1. The van der Waals surface area contributed by atoms with E-state index in [9.17, 15) is 4.79 Å². The van der Waals surface area contributed by atoms with E-state index in [4.69, 9.17) is 4.74 Å². The fraction of sp³-hybridized carbons (Fsp3) is 0.417. The molecular formula is C12H14O2. The van der Waals surface area contributed by atoms with Crippen molar-refractivity contribution in [1.29, 1.82) is 0 Å². The topological polar surface area (TPSA) is 26.3 Å². The number of carbonyl (C=O) groups is 1. The van der Waals surface area contributed by atoms with Crippen molar-refractivity contribution in [3.63, 3.8) is 0 Å². The van der Waals surface area contributed by atoms with Gasteiger partial charge in [-0.15, -0.1) is 0 Å². The summed E-state index contributed by atoms with van der Waals surface area (Å²) in [6.45, 7) is 0. The number of carbonyl (C=O) groups excluding carboxylic acids is 1. The molecule has 1 aliphatic rings. The fourth-order valence-corrected chi connectivity index (χ4v) is 2.05. The van der Waals surface area contributed by atoms with E-state index >= 15 is 0 Å². The van der Waals surface area contributed by atoms with Crippen LogP contribution in [0.25, 0.3) is 0 Å². The van der Waals surface area contributed by atoms with Crippen LogP contribution in [-0.4, -0.2) is 19.0 Å². The number of rotatable bonds is 3. The number of hydrogen-bond acceptors (Lipinski definition) is 2. The molecule has 1 aromatic rings. The Labute approximate surface area is 83.9 Å². The van der Waals surface area contributed by atoms with Gasteiger partial charge < -0.3 is 9.53 Å². The number of methoxy groups -OCH3 is 1. The molecule has 2 heteroatoms. The Morgan fingerprint density at radius 1 is 1.36 bits per heavy atom. The van der Waals surface area contributed by atoms with Crippen LogP contribution in [0.1, 0.15) is 24.3 Å². The van der Waals surface area contributed by atoms with Gasteiger partial charge in [0.1, 0.15) is 5.60 Å². The summed E-state index contributed by atoms with van der Waals surface area (Å²) in [5.41, 5.74) is 0.808. The van der Waals surface area contributed by atoms with E-state index in [2.05, 4.69) is 12.1 Å². The summed E-state index contributed by atoms with van der Waals surface area (Å²) < 4.78 is 5.21. The highest BCUT2D eigenvalue weighted by molar-refractivity contribution is 5.65. The van der Waals surface area contributed by atoms with Gasteiger partial charge in [-0.05, 0) is 24.3 Å². The van der Waals surface area contributed by atoms with E-state index in [1.807, 2.05) is 18.2 Å². The van der Waals surface area contributed by atoms with Crippen molar-refractivity contribution in [2.75, 3.05) is 7.11 Å². The van der Waals surface area contributed by atoms with Gasteiger partial charge >= 0.3 is 0 Å². The Balaban J connectivity index is 2.04. The minimum atomic E-state index is -0.499. The standard InChI is InChI=1S/C12H14O2/c1-14-12(9-13)7-11(8-12)10-5-3-2-4-6-10/h2-6,9,11H,7-8H2,1H3. The first kappa shape index (κ1) is 9.41. The summed E-state index contributed by atoms with van der Waals surface area (Å²) >= 11 is 0. The van der Waals surface area contributed by atoms with Crippen LogP contribution in [0.2, 0.25) is 0 Å². The molecule has 74 valence electrons. The lowest BCUT2D eigenvalue weighted by Crippen LogP contribution is -2.45. The molecule has 0 unspecified atom stereocenters. The van der Waals surface area contributed by atoms with Gasteiger partial charge in [-0.3, -0.25) is 0 Å². The summed E-state index contributed by atoms with van der Waals surface area (Å²) in [5.74, 6) is 0.487. The first-order valence-corrected chi connectivity index (χ1v) is 4.86. The van der Waals surface area contributed by atoms with Gasteiger partial charge in [-0.25, -0.2) is 0 Å². The predicted molar refractivity (Wildman–Crippen MR) is 54.2 cm³/mol. The van der Waals surface area contributed by atoms with Crippen molar-refractivity contribution in [1.82, 2.24) is 0 Å². The van der Waals surface area contributed by atoms with Gasteiger partial charge in [0.2, 0.25) is 0 Å². The lowest BCUT2D eigenvalue weighted by Gasteiger charge is -2.42. The van der Waals surface area contributed by atoms with Crippen LogP contribution >= 0.6 is 0 Å². The van der Waals surface area contributed by atoms with Crippen molar-refractivity contribution >= 4 is 6.29 Å². The highest BCUT2D eigenvalue weighted by Crippen LogP contribution is 2.45. The van der Waals surface area contributed by atoms with Crippen LogP contribution < -0.4 is 0 Å². The molecule has 0 saturated heterocycles. The molecule has 0 aromatic heterocycles. The smallest absolute Gasteiger partial charge is 0.151 e. The van der Waals surface area contributed by atoms with Crippen LogP contribution in [0.5, 0.6) is 0 Å². The zero-order valence-electron chi connectivity index (χ0n) is 8.27. The molecule has 14 heavy (non-hydrogen) atoms. The highest BCUT2D eigenvalue weighted by atomic mass is 16.5. The van der Waals surface area contributed by atoms with Gasteiger partial charge in [-0.2, -0.15) is 0 Å². The number of hydrogen-bond donors (Lipinski definition) is 0. The Kier molecular flexibility index (Phi) is 2.38. The average molecular weight is 190 g/mol. The van der Waals surface area contributed by atoms with Gasteiger partial charge in [-0.1, -0.05) is 30.3 Å². The second-order valence-electron chi connectivity index (χ2n) is 3.90. The van der Waals surface area contributed by atoms with Crippen LogP contribution in [0.4, 0.5) is 0 Å². The van der Waals surface area contributed by atoms with Crippen LogP contribution in [0.3, 0.4) is 0 Å². The third kappa shape index (κ3) is 1.46. The minimum Gasteiger partial charge on any atom is -0.371 e. The second kappa shape index (κ2) is 3.54. The normalized spacial score (nSPS) is 30.8. The molecular weight excluding hydrogens is 176 g/mol. The van der Waals surface area contributed by atoms with Gasteiger partial charge in [0.15, 0.2) is 6.29 Å². The highest BCUT2D eigenvalue weighted by Gasteiger charge is 2.44. The molecule has 1 saturated carbocycles. The summed E-state index contributed by atoms with van der Waals surface area (Å²) in [4.78, 5) is 10.8. The van der Waals surface area contributed by atoms with Crippen LogP contribution in [0, 0.1) is 0 Å². The molecule has 1 fully saturated rings. The van der Waals surface area contributed by atoms with Crippen molar-refractivity contribution < 1.29 is 9.53 Å². The monoisotopic (exact) mass is 190 g/mol. The molecule has 0 heterocycles. The predicted octanol–water partition coefficient (Wildman–Crippen LogP) is 2.15. The summed E-state index contributed by atoms with van der Waals surface area (Å²) in [6.07, 6.45) is 2.57. The Bertz CT molecular complexity index is 312. The molecule has 0 amide bonds. The SMILES string of the molecule is COC1(C=O)CC(c2ccccc2)C1. The lowest BCUT2D eigenvalue weighted by molar-refractivity contribution is -0.140. The van der Waals surface area contributed by atoms with E-state index in [1.165, 1.54) is 5.56 Å². The van der Waals surface area contributed by atoms with E-state index in [0.29, 0.717) is 5.92 Å². The summed E-state index contributed by atoms with van der Waals surface area (Å²) in [7, 11) is 1.61. The molecule has 1 aliphatic carbocycles. The van der Waals surface area contributed by atoms with E-state index < -0.39 is 5.60 Å². The maximum Gasteiger partial charge on any atom is 0.151 e. The van der Waals surface area contributed by atoms with Gasteiger partial charge in [0, 0.05) is 7.11 Å². The minimum absolute atomic E-state index is 0.487. The van der Waals surface area contributed by atoms with Crippen LogP contribution in [0.15, 0.2) is 30.3 Å². The van der Waals surface area contributed by atoms with Crippen molar-refractivity contribution in [3.05, 3.63) is 35.9 Å². The third-order valence-corrected chi connectivity index (χ3v) is 3.08. The zero-order valence-corrected chi connectivity index (χ0v) is 8.27. The van der Waals surface area contributed by atoms with Crippen molar-refractivity contribution in [3.8, 4) is 0 Å². The van der Waals surface area contributed by atoms with E-state index in [1.54, 1.807) is 7.11 Å². The fourth-order valence-electron chi connectivity index (χ4n) is 2.05. The Morgan fingerprint density at radius 2 is 2.00 bits per heavy atom. The van der Waals surface area contributed by atoms with E-state index in [0.717, 1.165) is 19.1 Å². The maximum absolute atomic E-state index is 10.8. The van der Waals surface area contributed by atoms with Crippen molar-refractivity contribution in [2.24, 2.45) is 0 Å². The van der Waals surface area contributed by atoms with E-state index in [-0.39, 0.29) is 0 Å². The average Bonchev–Trinajstić information content (AvgIpc) is 2.19. The molecule has 0 N–H and O–H groups in total.